The molecule has 0 saturated carbocycles. The molecule has 0 aliphatic heterocycles. The molecule has 0 aromatic rings. The first-order valence-electron chi connectivity index (χ1n) is 38.2. The zero-order chi connectivity index (χ0) is 88.3. The molecule has 0 unspecified atom stereocenters. The molecule has 0 fully saturated rings. The molecule has 0 bridgehead atoms. The maximum Gasteiger partial charge on any atom is 0.246 e. The SMILES string of the molecule is C=CC(=O)CCCCOCC(COCCCCC(=O)C=C)(COCCCNC(=O)C=C)NC(=O)C=C.C=CC(=O)CCCCOCCOCCOCCCCC(=O)C=C.C=CC(=O)CCCN(CCN(CCNC(=O)C=C)C(=O)C=C)C(=O)C=C.C=CC(=O)CCCNC(=O)C=C.C=CC(=O)NCCN(CCNC(=O)C=C)C(=O)C=C. The molecule has 30 nitrogen and oxygen atoms in total. The summed E-state index contributed by atoms with van der Waals surface area (Å²) in [4.78, 5) is 174. The summed E-state index contributed by atoms with van der Waals surface area (Å²) in [7, 11) is 0. The van der Waals surface area contributed by atoms with Crippen LogP contribution in [-0.2, 0) is 100 Å². The maximum absolute atomic E-state index is 12.2. The van der Waals surface area contributed by atoms with Crippen LogP contribution >= 0.6 is 0 Å². The molecule has 646 valence electrons. The van der Waals surface area contributed by atoms with Crippen molar-refractivity contribution in [1.82, 2.24) is 46.6 Å². The third-order valence-corrected chi connectivity index (χ3v) is 15.2. The van der Waals surface area contributed by atoms with Crippen LogP contribution in [0.5, 0.6) is 0 Å². The van der Waals surface area contributed by atoms with Crippen LogP contribution in [0, 0.1) is 0 Å². The lowest BCUT2D eigenvalue weighted by Gasteiger charge is -2.34. The number of amides is 9. The lowest BCUT2D eigenvalue weighted by Crippen LogP contribution is -2.58. The van der Waals surface area contributed by atoms with E-state index in [1.807, 2.05) is 0 Å². The first-order chi connectivity index (χ1) is 55.7. The largest absolute Gasteiger partial charge is 0.379 e. The zero-order valence-corrected chi connectivity index (χ0v) is 68.5. The second-order valence-electron chi connectivity index (χ2n) is 24.4. The number of allylic oxidation sites excluding steroid dienone is 6. The van der Waals surface area contributed by atoms with Crippen LogP contribution < -0.4 is 31.9 Å². The minimum absolute atomic E-state index is 0.00264. The second-order valence-corrected chi connectivity index (χ2v) is 24.4. The van der Waals surface area contributed by atoms with Gasteiger partial charge in [0.2, 0.25) is 53.2 Å². The fraction of sp³-hybridized carbons (Fsp3) is 0.477. The average molecular weight is 1630 g/mol. The molecule has 30 heteroatoms. The lowest BCUT2D eigenvalue weighted by atomic mass is 10.0. The zero-order valence-electron chi connectivity index (χ0n) is 68.5. The molecule has 0 radical (unpaired) electrons. The third-order valence-electron chi connectivity index (χ3n) is 15.2. The Morgan fingerprint density at radius 1 is 0.224 bits per heavy atom. The first kappa shape index (κ1) is 114. The van der Waals surface area contributed by atoms with Gasteiger partial charge in [0.1, 0.15) is 5.54 Å². The van der Waals surface area contributed by atoms with E-state index in [4.69, 9.17) is 28.4 Å². The van der Waals surface area contributed by atoms with Gasteiger partial charge in [-0.25, -0.2) is 0 Å². The van der Waals surface area contributed by atoms with Crippen LogP contribution in [0.2, 0.25) is 0 Å². The Labute approximate surface area is 687 Å². The molecule has 0 spiro atoms. The number of nitrogens with zero attached hydrogens (tertiary/aromatic N) is 3. The van der Waals surface area contributed by atoms with Crippen molar-refractivity contribution in [3.05, 3.63) is 190 Å². The number of ether oxygens (including phenoxy) is 6. The van der Waals surface area contributed by atoms with Crippen LogP contribution in [0.15, 0.2) is 190 Å². The van der Waals surface area contributed by atoms with E-state index in [1.165, 1.54) is 87.6 Å². The second kappa shape index (κ2) is 82.1. The number of nitrogens with one attached hydrogen (secondary N) is 6. The number of hydrogen-bond donors (Lipinski definition) is 6. The van der Waals surface area contributed by atoms with Gasteiger partial charge in [0.05, 0.1) is 46.2 Å². The van der Waals surface area contributed by atoms with Crippen molar-refractivity contribution in [3.8, 4) is 0 Å². The molecule has 9 amide bonds. The van der Waals surface area contributed by atoms with E-state index in [-0.39, 0.29) is 128 Å². The van der Waals surface area contributed by atoms with E-state index < -0.39 is 11.4 Å². The average Bonchev–Trinajstić information content (AvgIpc) is 0.854. The molecule has 0 aromatic carbocycles. The molecular weight excluding hydrogens is 1490 g/mol. The van der Waals surface area contributed by atoms with Crippen molar-refractivity contribution >= 4 is 87.9 Å². The maximum atomic E-state index is 12.2. The summed E-state index contributed by atoms with van der Waals surface area (Å²) in [5.41, 5.74) is -0.969. The van der Waals surface area contributed by atoms with E-state index in [1.54, 1.807) is 0 Å². The van der Waals surface area contributed by atoms with Crippen molar-refractivity contribution in [2.24, 2.45) is 0 Å². The number of carbonyl (C=O) groups is 15. The summed E-state index contributed by atoms with van der Waals surface area (Å²) >= 11 is 0. The molecule has 0 aliphatic rings. The molecular formula is C86H131N9O21. The molecule has 0 aliphatic carbocycles. The van der Waals surface area contributed by atoms with Gasteiger partial charge < -0.3 is 75.0 Å². The summed E-state index contributed by atoms with van der Waals surface area (Å²) in [5.74, 6) is -2.56. The van der Waals surface area contributed by atoms with Crippen LogP contribution in [0.25, 0.3) is 0 Å². The summed E-state index contributed by atoms with van der Waals surface area (Å²) in [6.45, 7) is 59.7. The minimum atomic E-state index is -0.969. The first-order valence-corrected chi connectivity index (χ1v) is 38.2. The van der Waals surface area contributed by atoms with E-state index in [0.717, 1.165) is 43.9 Å². The third kappa shape index (κ3) is 74.5. The fourth-order valence-corrected chi connectivity index (χ4v) is 8.75. The number of rotatable bonds is 72. The molecule has 116 heavy (non-hydrogen) atoms. The Balaban J connectivity index is -0.000000460. The summed E-state index contributed by atoms with van der Waals surface area (Å²) in [6.07, 6.45) is 28.9. The Morgan fingerprint density at radius 3 is 0.741 bits per heavy atom. The van der Waals surface area contributed by atoms with Crippen molar-refractivity contribution in [2.45, 2.75) is 115 Å². The van der Waals surface area contributed by atoms with Gasteiger partial charge in [-0.3, -0.25) is 71.9 Å². The molecule has 6 N–H and O–H groups in total. The quantitative estimate of drug-likeness (QED) is 0.0269. The van der Waals surface area contributed by atoms with Gasteiger partial charge >= 0.3 is 0 Å². The molecule has 0 aromatic heterocycles. The normalized spacial score (nSPS) is 9.93. The van der Waals surface area contributed by atoms with Gasteiger partial charge in [-0.2, -0.15) is 0 Å². The number of hydrogen-bond acceptors (Lipinski definition) is 21. The van der Waals surface area contributed by atoms with Crippen LogP contribution in [0.1, 0.15) is 109 Å². The summed E-state index contributed by atoms with van der Waals surface area (Å²) < 4.78 is 33.7. The van der Waals surface area contributed by atoms with Crippen LogP contribution in [0.4, 0.5) is 0 Å². The highest BCUT2D eigenvalue weighted by Gasteiger charge is 2.33. The highest BCUT2D eigenvalue weighted by molar-refractivity contribution is 5.93. The standard InChI is InChI=1S/C27H42N2O7.C19H27N3O4.C18H30O5.C13H19N3O3.C9H13NO2/c1-5-23(30)14-9-11-17-34-20-27(29-26(33)8-4,21-35-18-12-10-15-24(31)6-2)22-36-19-13-16-28-25(32)7-3;1-5-16(23)10-9-12-21(18(25)7-3)14-15-22(19(26)8-4)13-11-20-17(24)6-2;1-3-17(19)9-5-7-11-21-13-15-23-16-14-22-12-8-6-10-18(20)4-2;1-4-11(17)14-7-9-16(13(19)6-3)10-8-15-12(18)5-2;1-3-8(11)6-5-7-10-9(12)4-2/h5-8H,1-4,9-22H2,(H,28,32)(H,29,33);5-8H,1-4,9-15H2,(H,20,24);3-4H,1-2,5-16H2;4-6H,1-3,7-10H2,(H,14,17)(H,15,18);3-4H,1-2,5-7H2,(H,10,12). The van der Waals surface area contributed by atoms with Gasteiger partial charge in [0.25, 0.3) is 0 Å². The van der Waals surface area contributed by atoms with Crippen LogP contribution in [0.3, 0.4) is 0 Å². The monoisotopic (exact) mass is 1630 g/mol. The van der Waals surface area contributed by atoms with Gasteiger partial charge in [0.15, 0.2) is 34.7 Å². The predicted octanol–water partition coefficient (Wildman–Crippen LogP) is 6.79. The highest BCUT2D eigenvalue weighted by atomic mass is 16.5. The van der Waals surface area contributed by atoms with Gasteiger partial charge in [-0.1, -0.05) is 98.7 Å². The summed E-state index contributed by atoms with van der Waals surface area (Å²) in [6, 6.07) is 0. The lowest BCUT2D eigenvalue weighted by molar-refractivity contribution is -0.130. The highest BCUT2D eigenvalue weighted by Crippen LogP contribution is 2.13. The topological polar surface area (TPSA) is 393 Å². The van der Waals surface area contributed by atoms with Crippen molar-refractivity contribution < 1.29 is 100 Å². The fourth-order valence-electron chi connectivity index (χ4n) is 8.75. The van der Waals surface area contributed by atoms with E-state index >= 15 is 0 Å². The van der Waals surface area contributed by atoms with Crippen LogP contribution in [-0.4, -0.2) is 259 Å². The van der Waals surface area contributed by atoms with E-state index in [9.17, 15) is 71.9 Å². The molecule has 0 atom stereocenters. The Kier molecular flexibility index (Phi) is 80.5. The predicted molar refractivity (Wildman–Crippen MR) is 452 cm³/mol. The van der Waals surface area contributed by atoms with E-state index in [0.29, 0.717) is 189 Å². The van der Waals surface area contributed by atoms with Gasteiger partial charge in [0, 0.05) is 144 Å². The number of ketones is 6. The Bertz CT molecular complexity index is 2920. The number of carbonyl (C=O) groups excluding carboxylic acids is 15. The Morgan fingerprint density at radius 2 is 0.457 bits per heavy atom. The molecule has 0 rings (SSSR count). The van der Waals surface area contributed by atoms with Crippen molar-refractivity contribution in [3.63, 3.8) is 0 Å². The Hall–Kier alpha value is -10.9. The van der Waals surface area contributed by atoms with Crippen molar-refractivity contribution in [1.29, 1.82) is 0 Å². The molecule has 0 heterocycles. The van der Waals surface area contributed by atoms with Gasteiger partial charge in [-0.05, 0) is 162 Å². The van der Waals surface area contributed by atoms with Crippen molar-refractivity contribution in [2.75, 3.05) is 151 Å². The van der Waals surface area contributed by atoms with E-state index in [2.05, 4.69) is 131 Å². The minimum Gasteiger partial charge on any atom is -0.379 e. The smallest absolute Gasteiger partial charge is 0.246 e. The number of unbranched alkanes of at least 4 members (excludes halogenated alkanes) is 4. The summed E-state index contributed by atoms with van der Waals surface area (Å²) in [5, 5.41) is 15.8. The van der Waals surface area contributed by atoms with Gasteiger partial charge in [-0.15, -0.1) is 0 Å². The molecule has 0 saturated heterocycles.